The van der Waals surface area contributed by atoms with Gasteiger partial charge >= 0.3 is 12.0 Å². The summed E-state index contributed by atoms with van der Waals surface area (Å²) >= 11 is 0. The van der Waals surface area contributed by atoms with Gasteiger partial charge in [-0.1, -0.05) is 6.07 Å². The van der Waals surface area contributed by atoms with E-state index >= 15 is 0 Å². The van der Waals surface area contributed by atoms with Crippen LogP contribution in [0.2, 0.25) is 0 Å². The predicted molar refractivity (Wildman–Crippen MR) is 97.6 cm³/mol. The molecule has 2 aromatic rings. The molecule has 0 spiro atoms. The molecule has 1 aliphatic rings. The lowest BCUT2D eigenvalue weighted by Gasteiger charge is -2.27. The number of carbonyl (C=O) groups excluding carboxylic acids is 2. The molecule has 0 atom stereocenters. The number of hydrogen-bond donors (Lipinski definition) is 2. The second kappa shape index (κ2) is 7.80. The average Bonchev–Trinajstić information content (AvgIpc) is 3.04. The number of urea groups is 1. The molecule has 0 bridgehead atoms. The number of aromatic nitrogens is 1. The first-order valence-electron chi connectivity index (χ1n) is 8.28. The van der Waals surface area contributed by atoms with Crippen molar-refractivity contribution in [2.24, 2.45) is 0 Å². The van der Waals surface area contributed by atoms with Crippen molar-refractivity contribution in [1.82, 2.24) is 9.47 Å². The number of rotatable bonds is 3. The van der Waals surface area contributed by atoms with Crippen LogP contribution in [0.15, 0.2) is 30.5 Å². The number of amides is 2. The Morgan fingerprint density at radius 2 is 2.07 bits per heavy atom. The van der Waals surface area contributed by atoms with E-state index in [-0.39, 0.29) is 23.0 Å². The number of hydrogen-bond acceptors (Lipinski definition) is 6. The molecule has 0 saturated carbocycles. The summed E-state index contributed by atoms with van der Waals surface area (Å²) in [5.74, 6) is -0.656. The van der Waals surface area contributed by atoms with Gasteiger partial charge in [0.15, 0.2) is 5.69 Å². The third-order valence-corrected chi connectivity index (χ3v) is 4.22. The maximum Gasteiger partial charge on any atom is 0.357 e. The Hall–Kier alpha value is -3.51. The lowest BCUT2D eigenvalue weighted by atomic mass is 10.2. The molecule has 140 valence electrons. The molecule has 0 radical (unpaired) electrons. The number of nitrogens with two attached hydrogens (primary N) is 1. The molecule has 1 aromatic carbocycles. The minimum absolute atomic E-state index is 0.0482. The van der Waals surface area contributed by atoms with Crippen molar-refractivity contribution < 1.29 is 19.1 Å². The first kappa shape index (κ1) is 18.3. The first-order chi connectivity index (χ1) is 13.0. The molecule has 1 aliphatic heterocycles. The van der Waals surface area contributed by atoms with Crippen LogP contribution in [0, 0.1) is 11.3 Å². The van der Waals surface area contributed by atoms with Crippen LogP contribution in [0.25, 0.3) is 5.69 Å². The Bertz CT molecular complexity index is 909. The van der Waals surface area contributed by atoms with E-state index in [1.54, 1.807) is 29.2 Å². The first-order valence-corrected chi connectivity index (χ1v) is 8.28. The van der Waals surface area contributed by atoms with Crippen molar-refractivity contribution >= 4 is 23.4 Å². The number of morpholine rings is 1. The quantitative estimate of drug-likeness (QED) is 0.792. The van der Waals surface area contributed by atoms with Gasteiger partial charge in [-0.2, -0.15) is 5.26 Å². The number of ether oxygens (including phenoxy) is 2. The molecule has 9 heteroatoms. The second-order valence-electron chi connectivity index (χ2n) is 5.86. The minimum atomic E-state index is -0.656. The summed E-state index contributed by atoms with van der Waals surface area (Å²) in [6.07, 6.45) is 1.46. The van der Waals surface area contributed by atoms with Crippen LogP contribution < -0.4 is 11.1 Å². The van der Waals surface area contributed by atoms with Crippen LogP contribution in [0.1, 0.15) is 16.1 Å². The Labute approximate surface area is 155 Å². The van der Waals surface area contributed by atoms with E-state index in [1.807, 2.05) is 6.07 Å². The summed E-state index contributed by atoms with van der Waals surface area (Å²) in [6, 6.07) is 8.61. The normalized spacial score (nSPS) is 13.7. The van der Waals surface area contributed by atoms with Gasteiger partial charge in [-0.25, -0.2) is 9.59 Å². The molecule has 3 N–H and O–H groups in total. The van der Waals surface area contributed by atoms with Crippen molar-refractivity contribution in [3.8, 4) is 11.8 Å². The topological polar surface area (TPSA) is 123 Å². The monoisotopic (exact) mass is 369 g/mol. The van der Waals surface area contributed by atoms with E-state index in [2.05, 4.69) is 5.32 Å². The lowest BCUT2D eigenvalue weighted by Crippen LogP contribution is -2.43. The fourth-order valence-corrected chi connectivity index (χ4v) is 2.82. The molecule has 2 amide bonds. The fraction of sp³-hybridized carbons (Fsp3) is 0.278. The van der Waals surface area contributed by atoms with Gasteiger partial charge in [0.25, 0.3) is 0 Å². The molecule has 0 unspecified atom stereocenters. The van der Waals surface area contributed by atoms with E-state index in [9.17, 15) is 14.9 Å². The molecule has 1 aromatic heterocycles. The van der Waals surface area contributed by atoms with Crippen molar-refractivity contribution in [3.05, 3.63) is 41.7 Å². The number of nitriles is 1. The van der Waals surface area contributed by atoms with E-state index in [0.29, 0.717) is 37.7 Å². The van der Waals surface area contributed by atoms with Crippen LogP contribution in [-0.4, -0.2) is 54.9 Å². The number of nitrogens with zero attached hydrogens (tertiary/aromatic N) is 3. The summed E-state index contributed by atoms with van der Waals surface area (Å²) in [7, 11) is 1.24. The van der Waals surface area contributed by atoms with Gasteiger partial charge in [0, 0.05) is 30.7 Å². The number of anilines is 2. The molecule has 9 nitrogen and oxygen atoms in total. The minimum Gasteiger partial charge on any atom is -0.464 e. The number of carbonyl (C=O) groups is 2. The lowest BCUT2D eigenvalue weighted by molar-refractivity contribution is 0.0564. The Morgan fingerprint density at radius 1 is 1.33 bits per heavy atom. The molecule has 1 fully saturated rings. The molecule has 0 aliphatic carbocycles. The number of benzene rings is 1. The molecular weight excluding hydrogens is 350 g/mol. The third kappa shape index (κ3) is 3.70. The summed E-state index contributed by atoms with van der Waals surface area (Å²) in [5, 5.41) is 12.0. The third-order valence-electron chi connectivity index (χ3n) is 4.22. The highest BCUT2D eigenvalue weighted by atomic mass is 16.5. The van der Waals surface area contributed by atoms with Crippen molar-refractivity contribution in [1.29, 1.82) is 5.26 Å². The van der Waals surface area contributed by atoms with E-state index in [4.69, 9.17) is 15.2 Å². The molecule has 2 heterocycles. The van der Waals surface area contributed by atoms with Crippen molar-refractivity contribution in [3.63, 3.8) is 0 Å². The smallest absolute Gasteiger partial charge is 0.357 e. The van der Waals surface area contributed by atoms with E-state index < -0.39 is 5.97 Å². The van der Waals surface area contributed by atoms with Gasteiger partial charge < -0.3 is 30.0 Å². The Balaban J connectivity index is 1.91. The van der Waals surface area contributed by atoms with Gasteiger partial charge in [0.05, 0.1) is 31.6 Å². The second-order valence-corrected chi connectivity index (χ2v) is 5.86. The van der Waals surface area contributed by atoms with Crippen molar-refractivity contribution in [2.45, 2.75) is 0 Å². The van der Waals surface area contributed by atoms with Gasteiger partial charge in [0.1, 0.15) is 6.07 Å². The molecule has 27 heavy (non-hydrogen) atoms. The van der Waals surface area contributed by atoms with E-state index in [0.717, 1.165) is 0 Å². The van der Waals surface area contributed by atoms with Crippen LogP contribution in [0.5, 0.6) is 0 Å². The highest BCUT2D eigenvalue weighted by Crippen LogP contribution is 2.26. The average molecular weight is 369 g/mol. The molecule has 1 saturated heterocycles. The summed E-state index contributed by atoms with van der Waals surface area (Å²) < 4.78 is 11.5. The Morgan fingerprint density at radius 3 is 2.74 bits per heavy atom. The van der Waals surface area contributed by atoms with Crippen LogP contribution in [0.4, 0.5) is 16.2 Å². The van der Waals surface area contributed by atoms with Gasteiger partial charge in [0.2, 0.25) is 0 Å². The summed E-state index contributed by atoms with van der Waals surface area (Å²) in [6.45, 7) is 2.07. The van der Waals surface area contributed by atoms with Crippen LogP contribution >= 0.6 is 0 Å². The number of esters is 1. The number of nitrogen functional groups attached to an aromatic ring is 1. The van der Waals surface area contributed by atoms with Crippen molar-refractivity contribution in [2.75, 3.05) is 44.5 Å². The summed E-state index contributed by atoms with van der Waals surface area (Å²) in [4.78, 5) is 26.1. The fourth-order valence-electron chi connectivity index (χ4n) is 2.82. The SMILES string of the molecule is COC(=O)c1c(N)c(C#N)cn1-c1cccc(NC(=O)N2CCOCC2)c1. The zero-order valence-corrected chi connectivity index (χ0v) is 14.8. The zero-order chi connectivity index (χ0) is 19.4. The maximum atomic E-state index is 12.4. The zero-order valence-electron chi connectivity index (χ0n) is 14.8. The molecular formula is C18H19N5O4. The maximum absolute atomic E-state index is 12.4. The van der Waals surface area contributed by atoms with Crippen LogP contribution in [-0.2, 0) is 9.47 Å². The van der Waals surface area contributed by atoms with E-state index in [1.165, 1.54) is 17.9 Å². The van der Waals surface area contributed by atoms with Gasteiger partial charge in [-0.3, -0.25) is 0 Å². The highest BCUT2D eigenvalue weighted by Gasteiger charge is 2.22. The van der Waals surface area contributed by atoms with Crippen LogP contribution in [0.3, 0.4) is 0 Å². The Kier molecular flexibility index (Phi) is 5.28. The standard InChI is InChI=1S/C18H19N5O4/c1-26-17(24)16-15(20)12(10-19)11-23(16)14-4-2-3-13(9-14)21-18(25)22-5-7-27-8-6-22/h2-4,9,11H,5-8,20H2,1H3,(H,21,25). The number of methoxy groups -OCH3 is 1. The predicted octanol–water partition coefficient (Wildman–Crippen LogP) is 1.58. The van der Waals surface area contributed by atoms with Gasteiger partial charge in [-0.15, -0.1) is 0 Å². The molecule has 3 rings (SSSR count). The summed E-state index contributed by atoms with van der Waals surface area (Å²) in [5.41, 5.74) is 7.29. The largest absolute Gasteiger partial charge is 0.464 e. The number of nitrogens with one attached hydrogen (secondary N) is 1. The van der Waals surface area contributed by atoms with Gasteiger partial charge in [-0.05, 0) is 18.2 Å². The highest BCUT2D eigenvalue weighted by molar-refractivity contribution is 5.96.